The quantitative estimate of drug-likeness (QED) is 0.853. The summed E-state index contributed by atoms with van der Waals surface area (Å²) in [6.45, 7) is 2.28. The number of nitrogens with zero attached hydrogens (tertiary/aromatic N) is 1. The van der Waals surface area contributed by atoms with Crippen molar-refractivity contribution >= 4 is 23.6 Å². The van der Waals surface area contributed by atoms with Crippen LogP contribution in [0.25, 0.3) is 0 Å². The van der Waals surface area contributed by atoms with Crippen molar-refractivity contribution in [2.24, 2.45) is 5.92 Å². The Morgan fingerprint density at radius 1 is 1.39 bits per heavy atom. The molecule has 1 atom stereocenters. The number of thioether (sulfide) groups is 1. The zero-order valence-electron chi connectivity index (χ0n) is 10.9. The van der Waals surface area contributed by atoms with E-state index in [9.17, 15) is 14.7 Å². The monoisotopic (exact) mass is 271 g/mol. The van der Waals surface area contributed by atoms with Gasteiger partial charge in [-0.3, -0.25) is 4.79 Å². The van der Waals surface area contributed by atoms with Gasteiger partial charge in [0, 0.05) is 13.0 Å². The van der Waals surface area contributed by atoms with Crippen LogP contribution in [0.1, 0.15) is 39.0 Å². The maximum Gasteiger partial charge on any atom is 0.329 e. The number of hydrogen-bond donors (Lipinski definition) is 1. The van der Waals surface area contributed by atoms with Crippen LogP contribution >= 0.6 is 11.8 Å². The summed E-state index contributed by atoms with van der Waals surface area (Å²) in [6.07, 6.45) is 4.09. The zero-order chi connectivity index (χ0) is 13.2. The molecule has 0 aromatic carbocycles. The molecule has 2 heterocycles. The number of aliphatic carboxylic acids is 1. The van der Waals surface area contributed by atoms with Gasteiger partial charge in [-0.05, 0) is 50.0 Å². The van der Waals surface area contributed by atoms with Crippen LogP contribution < -0.4 is 0 Å². The van der Waals surface area contributed by atoms with E-state index in [1.807, 2.05) is 11.8 Å². The molecular formula is C13H21NO3S. The van der Waals surface area contributed by atoms with Gasteiger partial charge in [-0.15, -0.1) is 0 Å². The number of carboxylic acid groups (broad SMARTS) is 1. The Balaban J connectivity index is 1.97. The van der Waals surface area contributed by atoms with Gasteiger partial charge in [0.25, 0.3) is 0 Å². The molecular weight excluding hydrogens is 250 g/mol. The maximum atomic E-state index is 12.3. The number of rotatable bonds is 3. The molecule has 0 aromatic heterocycles. The van der Waals surface area contributed by atoms with Crippen LogP contribution in [0.3, 0.4) is 0 Å². The van der Waals surface area contributed by atoms with Crippen LogP contribution in [0.2, 0.25) is 0 Å². The van der Waals surface area contributed by atoms with E-state index < -0.39 is 11.5 Å². The van der Waals surface area contributed by atoms with Crippen LogP contribution in [0.5, 0.6) is 0 Å². The van der Waals surface area contributed by atoms with Crippen molar-refractivity contribution in [1.82, 2.24) is 4.90 Å². The first-order valence-corrected chi connectivity index (χ1v) is 7.81. The topological polar surface area (TPSA) is 57.6 Å². The highest BCUT2D eigenvalue weighted by atomic mass is 32.2. The predicted molar refractivity (Wildman–Crippen MR) is 71.7 cm³/mol. The number of amides is 1. The van der Waals surface area contributed by atoms with Crippen molar-refractivity contribution in [1.29, 1.82) is 0 Å². The van der Waals surface area contributed by atoms with E-state index in [2.05, 4.69) is 0 Å². The molecule has 2 aliphatic rings. The normalized spacial score (nSPS) is 29.5. The van der Waals surface area contributed by atoms with Crippen LogP contribution in [0.15, 0.2) is 0 Å². The summed E-state index contributed by atoms with van der Waals surface area (Å²) in [4.78, 5) is 25.2. The van der Waals surface area contributed by atoms with E-state index in [-0.39, 0.29) is 5.91 Å². The Bertz CT molecular complexity index is 341. The largest absolute Gasteiger partial charge is 0.480 e. The first-order chi connectivity index (χ1) is 8.54. The molecule has 102 valence electrons. The van der Waals surface area contributed by atoms with Crippen LogP contribution in [0.4, 0.5) is 0 Å². The van der Waals surface area contributed by atoms with E-state index in [0.29, 0.717) is 25.3 Å². The number of carbonyl (C=O) groups excluding carboxylic acids is 1. The molecule has 1 N–H and O–H groups in total. The summed E-state index contributed by atoms with van der Waals surface area (Å²) < 4.78 is 0. The fraction of sp³-hybridized carbons (Fsp3) is 0.846. The molecule has 0 bridgehead atoms. The van der Waals surface area contributed by atoms with E-state index in [0.717, 1.165) is 30.8 Å². The molecule has 2 aliphatic heterocycles. The average molecular weight is 271 g/mol. The summed E-state index contributed by atoms with van der Waals surface area (Å²) >= 11 is 1.94. The number of hydrogen-bond acceptors (Lipinski definition) is 3. The molecule has 0 aliphatic carbocycles. The third-order valence-corrected chi connectivity index (χ3v) is 5.26. The summed E-state index contributed by atoms with van der Waals surface area (Å²) in [5, 5.41) is 9.30. The third kappa shape index (κ3) is 2.66. The van der Waals surface area contributed by atoms with Crippen molar-refractivity contribution in [2.45, 2.75) is 44.6 Å². The van der Waals surface area contributed by atoms with Crippen molar-refractivity contribution in [3.8, 4) is 0 Å². The maximum absolute atomic E-state index is 12.3. The first kappa shape index (κ1) is 13.7. The second kappa shape index (κ2) is 5.51. The molecule has 4 nitrogen and oxygen atoms in total. The molecule has 5 heteroatoms. The molecule has 0 aromatic rings. The smallest absolute Gasteiger partial charge is 0.329 e. The minimum Gasteiger partial charge on any atom is -0.480 e. The zero-order valence-corrected chi connectivity index (χ0v) is 11.7. The van der Waals surface area contributed by atoms with Gasteiger partial charge in [0.15, 0.2) is 0 Å². The molecule has 2 fully saturated rings. The Labute approximate surface area is 112 Å². The van der Waals surface area contributed by atoms with E-state index in [4.69, 9.17) is 0 Å². The van der Waals surface area contributed by atoms with E-state index in [1.54, 1.807) is 11.8 Å². The number of carbonyl (C=O) groups is 2. The highest BCUT2D eigenvalue weighted by Gasteiger charge is 2.45. The SMILES string of the molecule is CC1(C(=O)O)CCCN1C(=O)CC1CCSCC1. The van der Waals surface area contributed by atoms with Gasteiger partial charge in [-0.2, -0.15) is 11.8 Å². The van der Waals surface area contributed by atoms with Gasteiger partial charge in [0.05, 0.1) is 0 Å². The van der Waals surface area contributed by atoms with Gasteiger partial charge >= 0.3 is 5.97 Å². The van der Waals surface area contributed by atoms with Gasteiger partial charge in [0.1, 0.15) is 5.54 Å². The number of likely N-dealkylation sites (tertiary alicyclic amines) is 1. The Morgan fingerprint density at radius 3 is 2.67 bits per heavy atom. The standard InChI is InChI=1S/C13H21NO3S/c1-13(12(16)17)5-2-6-14(13)11(15)9-10-3-7-18-8-4-10/h10H,2-9H2,1H3,(H,16,17). The summed E-state index contributed by atoms with van der Waals surface area (Å²) in [5.74, 6) is 1.89. The summed E-state index contributed by atoms with van der Waals surface area (Å²) in [5.41, 5.74) is -0.972. The second-order valence-corrected chi connectivity index (χ2v) is 6.71. The van der Waals surface area contributed by atoms with Gasteiger partial charge in [-0.25, -0.2) is 4.79 Å². The highest BCUT2D eigenvalue weighted by Crippen LogP contribution is 2.32. The molecule has 0 radical (unpaired) electrons. The molecule has 18 heavy (non-hydrogen) atoms. The minimum atomic E-state index is -0.972. The van der Waals surface area contributed by atoms with Crippen LogP contribution in [-0.2, 0) is 9.59 Å². The second-order valence-electron chi connectivity index (χ2n) is 5.49. The molecule has 1 unspecified atom stereocenters. The Morgan fingerprint density at radius 2 is 2.06 bits per heavy atom. The molecule has 1 amide bonds. The Hall–Kier alpha value is -0.710. The molecule has 0 spiro atoms. The lowest BCUT2D eigenvalue weighted by Crippen LogP contribution is -2.51. The molecule has 0 saturated carbocycles. The molecule has 2 rings (SSSR count). The van der Waals surface area contributed by atoms with Crippen LogP contribution in [0, 0.1) is 5.92 Å². The minimum absolute atomic E-state index is 0.0364. The summed E-state index contributed by atoms with van der Waals surface area (Å²) in [7, 11) is 0. The van der Waals surface area contributed by atoms with Crippen molar-refractivity contribution in [3.05, 3.63) is 0 Å². The first-order valence-electron chi connectivity index (χ1n) is 6.65. The van der Waals surface area contributed by atoms with Gasteiger partial charge in [-0.1, -0.05) is 0 Å². The lowest BCUT2D eigenvalue weighted by Gasteiger charge is -2.33. The van der Waals surface area contributed by atoms with Crippen molar-refractivity contribution in [2.75, 3.05) is 18.1 Å². The fourth-order valence-electron chi connectivity index (χ4n) is 2.89. The third-order valence-electron chi connectivity index (χ3n) is 4.21. The van der Waals surface area contributed by atoms with E-state index >= 15 is 0 Å². The highest BCUT2D eigenvalue weighted by molar-refractivity contribution is 7.99. The Kier molecular flexibility index (Phi) is 4.20. The predicted octanol–water partition coefficient (Wildman–Crippen LogP) is 1.99. The van der Waals surface area contributed by atoms with Crippen molar-refractivity contribution < 1.29 is 14.7 Å². The van der Waals surface area contributed by atoms with Crippen LogP contribution in [-0.4, -0.2) is 45.5 Å². The average Bonchev–Trinajstić information content (AvgIpc) is 2.74. The lowest BCUT2D eigenvalue weighted by atomic mass is 9.95. The number of carboxylic acids is 1. The molecule has 2 saturated heterocycles. The van der Waals surface area contributed by atoms with E-state index in [1.165, 1.54) is 0 Å². The van der Waals surface area contributed by atoms with Gasteiger partial charge < -0.3 is 10.0 Å². The van der Waals surface area contributed by atoms with Crippen molar-refractivity contribution in [3.63, 3.8) is 0 Å². The lowest BCUT2D eigenvalue weighted by molar-refractivity contribution is -0.155. The van der Waals surface area contributed by atoms with Gasteiger partial charge in [0.2, 0.25) is 5.91 Å². The summed E-state index contributed by atoms with van der Waals surface area (Å²) in [6, 6.07) is 0. The fourth-order valence-corrected chi connectivity index (χ4v) is 4.10.